The van der Waals surface area contributed by atoms with Crippen molar-refractivity contribution in [1.82, 2.24) is 9.88 Å². The van der Waals surface area contributed by atoms with Gasteiger partial charge in [0.2, 0.25) is 0 Å². The third-order valence-corrected chi connectivity index (χ3v) is 4.46. The highest BCUT2D eigenvalue weighted by Gasteiger charge is 2.26. The van der Waals surface area contributed by atoms with Crippen molar-refractivity contribution in [2.45, 2.75) is 39.3 Å². The first kappa shape index (κ1) is 16.1. The van der Waals surface area contributed by atoms with Gasteiger partial charge in [-0.1, -0.05) is 26.2 Å². The van der Waals surface area contributed by atoms with Crippen LogP contribution in [0.4, 0.5) is 0 Å². The lowest BCUT2D eigenvalue weighted by Crippen LogP contribution is -2.15. The first-order valence-electron chi connectivity index (χ1n) is 7.91. The summed E-state index contributed by atoms with van der Waals surface area (Å²) in [4.78, 5) is 0. The normalized spacial score (nSPS) is 16.0. The van der Waals surface area contributed by atoms with E-state index in [2.05, 4.69) is 36.0 Å². The van der Waals surface area contributed by atoms with Crippen molar-refractivity contribution < 1.29 is 5.11 Å². The largest absolute Gasteiger partial charge is 0.390 e. The summed E-state index contributed by atoms with van der Waals surface area (Å²) >= 11 is 0. The Morgan fingerprint density at radius 2 is 2.29 bits per heavy atom. The number of nitrogens with zero attached hydrogens (tertiary/aromatic N) is 1. The van der Waals surface area contributed by atoms with Crippen LogP contribution in [0.5, 0.6) is 0 Å². The van der Waals surface area contributed by atoms with Gasteiger partial charge in [0.15, 0.2) is 0 Å². The monoisotopic (exact) mass is 288 g/mol. The van der Waals surface area contributed by atoms with Crippen LogP contribution >= 0.6 is 0 Å². The zero-order valence-electron chi connectivity index (χ0n) is 13.4. The molecule has 1 aromatic heterocycles. The smallest absolute Gasteiger partial charge is 0.0833 e. The minimum absolute atomic E-state index is 0.0751. The molecule has 0 radical (unpaired) electrons. The lowest BCUT2D eigenvalue weighted by atomic mass is 9.94. The van der Waals surface area contributed by atoms with Gasteiger partial charge >= 0.3 is 0 Å². The average molecular weight is 288 g/mol. The Kier molecular flexibility index (Phi) is 5.43. The summed E-state index contributed by atoms with van der Waals surface area (Å²) in [5.74, 6) is 1.18. The second-order valence-electron chi connectivity index (χ2n) is 6.17. The fourth-order valence-electron chi connectivity index (χ4n) is 2.81. The molecule has 1 atom stereocenters. The van der Waals surface area contributed by atoms with E-state index in [1.54, 1.807) is 0 Å². The Morgan fingerprint density at radius 1 is 1.57 bits per heavy atom. The van der Waals surface area contributed by atoms with E-state index in [1.807, 2.05) is 13.1 Å². The van der Waals surface area contributed by atoms with Gasteiger partial charge in [0.1, 0.15) is 0 Å². The summed E-state index contributed by atoms with van der Waals surface area (Å²) in [5, 5.41) is 12.9. The van der Waals surface area contributed by atoms with Crippen LogP contribution in [-0.4, -0.2) is 23.3 Å². The minimum atomic E-state index is 0.0751. The summed E-state index contributed by atoms with van der Waals surface area (Å²) in [7, 11) is 1.98. The molecule has 0 aromatic carbocycles. The van der Waals surface area contributed by atoms with Gasteiger partial charge in [-0.25, -0.2) is 0 Å². The highest BCUT2D eigenvalue weighted by atomic mass is 16.3. The van der Waals surface area contributed by atoms with Crippen LogP contribution < -0.4 is 5.32 Å². The zero-order valence-corrected chi connectivity index (χ0v) is 13.4. The third kappa shape index (κ3) is 3.66. The van der Waals surface area contributed by atoms with Gasteiger partial charge in [-0.05, 0) is 61.9 Å². The fourth-order valence-corrected chi connectivity index (χ4v) is 2.81. The quantitative estimate of drug-likeness (QED) is 0.731. The molecule has 3 nitrogen and oxygen atoms in total. The molecule has 0 spiro atoms. The molecule has 1 unspecified atom stereocenters. The molecule has 2 N–H and O–H groups in total. The molecular formula is C18H28N2O. The lowest BCUT2D eigenvalue weighted by Gasteiger charge is -2.19. The maximum absolute atomic E-state index is 9.65. The highest BCUT2D eigenvalue weighted by Crippen LogP contribution is 2.36. The second kappa shape index (κ2) is 7.10. The van der Waals surface area contributed by atoms with E-state index in [0.717, 1.165) is 42.3 Å². The Morgan fingerprint density at radius 3 is 2.81 bits per heavy atom. The van der Waals surface area contributed by atoms with Crippen LogP contribution in [0.1, 0.15) is 43.1 Å². The van der Waals surface area contributed by atoms with Crippen LogP contribution in [0, 0.1) is 11.8 Å². The van der Waals surface area contributed by atoms with Gasteiger partial charge in [-0.15, -0.1) is 0 Å². The van der Waals surface area contributed by atoms with E-state index < -0.39 is 0 Å². The van der Waals surface area contributed by atoms with Crippen LogP contribution in [0.2, 0.25) is 0 Å². The molecule has 1 fully saturated rings. The Bertz CT molecular complexity index is 512. The Hall–Kier alpha value is -1.32. The molecule has 0 saturated heterocycles. The molecule has 0 aliphatic heterocycles. The molecule has 0 amide bonds. The number of aromatic nitrogens is 1. The Balaban J connectivity index is 2.31. The van der Waals surface area contributed by atoms with Gasteiger partial charge in [-0.2, -0.15) is 0 Å². The molecule has 1 heterocycles. The maximum atomic E-state index is 9.65. The predicted octanol–water partition coefficient (Wildman–Crippen LogP) is 3.29. The molecule has 1 aliphatic rings. The SMILES string of the molecule is C=Cc1cc(CO)n(CC2CC2)c1C(=C)C(C)CCNC. The van der Waals surface area contributed by atoms with Crippen molar-refractivity contribution in [3.05, 3.63) is 36.2 Å². The average Bonchev–Trinajstić information content (AvgIpc) is 3.24. The first-order chi connectivity index (χ1) is 10.1. The fraction of sp³-hybridized carbons (Fsp3) is 0.556. The van der Waals surface area contributed by atoms with E-state index >= 15 is 0 Å². The molecule has 1 saturated carbocycles. The standard InChI is InChI=1S/C18H28N2O/c1-5-16-10-17(12-21)20(11-15-6-7-15)18(16)14(3)13(2)8-9-19-4/h5,10,13,15,19,21H,1,3,6-9,11-12H2,2,4H3. The molecule has 21 heavy (non-hydrogen) atoms. The summed E-state index contributed by atoms with van der Waals surface area (Å²) in [6, 6.07) is 2.06. The van der Waals surface area contributed by atoms with Gasteiger partial charge in [-0.3, -0.25) is 0 Å². The number of hydrogen-bond acceptors (Lipinski definition) is 2. The summed E-state index contributed by atoms with van der Waals surface area (Å²) < 4.78 is 2.27. The number of aliphatic hydroxyl groups is 1. The molecule has 3 heteroatoms. The molecular weight excluding hydrogens is 260 g/mol. The lowest BCUT2D eigenvalue weighted by molar-refractivity contribution is 0.269. The van der Waals surface area contributed by atoms with E-state index in [0.29, 0.717) is 5.92 Å². The highest BCUT2D eigenvalue weighted by molar-refractivity contribution is 5.72. The van der Waals surface area contributed by atoms with Crippen LogP contribution in [0.3, 0.4) is 0 Å². The van der Waals surface area contributed by atoms with Crippen LogP contribution in [0.25, 0.3) is 11.6 Å². The van der Waals surface area contributed by atoms with Gasteiger partial charge in [0, 0.05) is 12.2 Å². The molecule has 1 aliphatic carbocycles. The predicted molar refractivity (Wildman–Crippen MR) is 89.9 cm³/mol. The number of hydrogen-bond donors (Lipinski definition) is 2. The van der Waals surface area contributed by atoms with Crippen molar-refractivity contribution in [2.75, 3.05) is 13.6 Å². The maximum Gasteiger partial charge on any atom is 0.0833 e. The summed E-state index contributed by atoms with van der Waals surface area (Å²) in [6.45, 7) is 12.6. The molecule has 0 bridgehead atoms. The molecule has 116 valence electrons. The van der Waals surface area contributed by atoms with Crippen molar-refractivity contribution in [3.8, 4) is 0 Å². The van der Waals surface area contributed by atoms with E-state index in [-0.39, 0.29) is 6.61 Å². The molecule has 2 rings (SSSR count). The van der Waals surface area contributed by atoms with Crippen molar-refractivity contribution in [1.29, 1.82) is 0 Å². The summed E-state index contributed by atoms with van der Waals surface area (Å²) in [5.41, 5.74) is 4.40. The van der Waals surface area contributed by atoms with Crippen molar-refractivity contribution >= 4 is 11.6 Å². The van der Waals surface area contributed by atoms with Crippen molar-refractivity contribution in [2.24, 2.45) is 11.8 Å². The van der Waals surface area contributed by atoms with E-state index in [4.69, 9.17) is 0 Å². The van der Waals surface area contributed by atoms with Crippen LogP contribution in [0.15, 0.2) is 19.2 Å². The first-order valence-corrected chi connectivity index (χ1v) is 7.91. The topological polar surface area (TPSA) is 37.2 Å². The third-order valence-electron chi connectivity index (χ3n) is 4.46. The van der Waals surface area contributed by atoms with Gasteiger partial charge in [0.05, 0.1) is 12.3 Å². The van der Waals surface area contributed by atoms with E-state index in [1.165, 1.54) is 18.5 Å². The summed E-state index contributed by atoms with van der Waals surface area (Å²) in [6.07, 6.45) is 5.55. The number of allylic oxidation sites excluding steroid dienone is 1. The second-order valence-corrected chi connectivity index (χ2v) is 6.17. The van der Waals surface area contributed by atoms with Crippen LogP contribution in [-0.2, 0) is 13.2 Å². The van der Waals surface area contributed by atoms with Gasteiger partial charge < -0.3 is 15.0 Å². The Labute approximate surface area is 128 Å². The number of nitrogens with one attached hydrogen (secondary N) is 1. The minimum Gasteiger partial charge on any atom is -0.390 e. The van der Waals surface area contributed by atoms with Gasteiger partial charge in [0.25, 0.3) is 0 Å². The zero-order chi connectivity index (χ0) is 15.4. The van der Waals surface area contributed by atoms with E-state index in [9.17, 15) is 5.11 Å². The number of aliphatic hydroxyl groups excluding tert-OH is 1. The van der Waals surface area contributed by atoms with Crippen molar-refractivity contribution in [3.63, 3.8) is 0 Å². The number of rotatable bonds is 9. The molecule has 1 aromatic rings.